The van der Waals surface area contributed by atoms with E-state index in [1.807, 2.05) is 0 Å². The summed E-state index contributed by atoms with van der Waals surface area (Å²) in [5, 5.41) is 7.99. The normalized spacial score (nSPS) is 10.7. The second-order valence-electron chi connectivity index (χ2n) is 4.18. The Morgan fingerprint density at radius 3 is 2.80 bits per heavy atom. The number of anilines is 1. The third-order valence-corrected chi connectivity index (χ3v) is 2.70. The summed E-state index contributed by atoms with van der Waals surface area (Å²) in [6.45, 7) is 3.63. The first-order chi connectivity index (χ1) is 9.60. The van der Waals surface area contributed by atoms with Crippen molar-refractivity contribution in [3.63, 3.8) is 0 Å². The summed E-state index contributed by atoms with van der Waals surface area (Å²) >= 11 is 0. The third kappa shape index (κ3) is 3.17. The number of aromatic nitrogens is 1. The standard InChI is InChI=1S/C16H14FN3/c1-2-13-7-9-15(19)16(20-13)14(18)8-6-11-4-3-5-12(17)10-11/h2-10,18H,1,19H2/b8-6+,18-14?. The number of nitrogens with zero attached hydrogens (tertiary/aromatic N) is 1. The van der Waals surface area contributed by atoms with Gasteiger partial charge in [-0.1, -0.05) is 24.8 Å². The summed E-state index contributed by atoms with van der Waals surface area (Å²) in [4.78, 5) is 4.23. The second-order valence-corrected chi connectivity index (χ2v) is 4.18. The predicted molar refractivity (Wildman–Crippen MR) is 81.0 cm³/mol. The van der Waals surface area contributed by atoms with E-state index < -0.39 is 0 Å². The van der Waals surface area contributed by atoms with Gasteiger partial charge >= 0.3 is 0 Å². The molecule has 0 unspecified atom stereocenters. The SMILES string of the molecule is C=Cc1ccc(N)c(C(=N)/C=C/c2cccc(F)c2)n1. The lowest BCUT2D eigenvalue weighted by molar-refractivity contribution is 0.627. The summed E-state index contributed by atoms with van der Waals surface area (Å²) in [6, 6.07) is 9.54. The average Bonchev–Trinajstić information content (AvgIpc) is 2.45. The van der Waals surface area contributed by atoms with Gasteiger partial charge in [0.05, 0.1) is 17.1 Å². The Balaban J connectivity index is 2.26. The Hall–Kier alpha value is -2.75. The van der Waals surface area contributed by atoms with Crippen LogP contribution in [0.15, 0.2) is 49.1 Å². The maximum Gasteiger partial charge on any atom is 0.123 e. The summed E-state index contributed by atoms with van der Waals surface area (Å²) in [5.74, 6) is -0.315. The molecule has 1 heterocycles. The topological polar surface area (TPSA) is 62.8 Å². The van der Waals surface area contributed by atoms with Gasteiger partial charge in [0.1, 0.15) is 11.5 Å². The number of allylic oxidation sites excluding steroid dienone is 1. The molecule has 0 aliphatic rings. The number of hydrogen-bond acceptors (Lipinski definition) is 3. The first-order valence-corrected chi connectivity index (χ1v) is 6.01. The fourth-order valence-corrected chi connectivity index (χ4v) is 1.68. The van der Waals surface area contributed by atoms with Gasteiger partial charge in [-0.25, -0.2) is 9.37 Å². The molecule has 0 radical (unpaired) electrons. The van der Waals surface area contributed by atoms with Crippen LogP contribution in [0.1, 0.15) is 17.0 Å². The fourth-order valence-electron chi connectivity index (χ4n) is 1.68. The molecule has 3 N–H and O–H groups in total. The first kappa shape index (κ1) is 13.7. The van der Waals surface area contributed by atoms with Crippen molar-refractivity contribution >= 4 is 23.6 Å². The van der Waals surface area contributed by atoms with E-state index in [0.717, 1.165) is 0 Å². The number of nitrogens with two attached hydrogens (primary N) is 1. The number of nitrogen functional groups attached to an aromatic ring is 1. The largest absolute Gasteiger partial charge is 0.397 e. The third-order valence-electron chi connectivity index (χ3n) is 2.70. The molecule has 1 aromatic carbocycles. The van der Waals surface area contributed by atoms with Gasteiger partial charge in [-0.15, -0.1) is 0 Å². The van der Waals surface area contributed by atoms with Crippen LogP contribution in [0.2, 0.25) is 0 Å². The lowest BCUT2D eigenvalue weighted by Gasteiger charge is -2.04. The van der Waals surface area contributed by atoms with E-state index in [0.29, 0.717) is 22.6 Å². The van der Waals surface area contributed by atoms with Crippen LogP contribution in [0.3, 0.4) is 0 Å². The van der Waals surface area contributed by atoms with Gasteiger partial charge in [0.25, 0.3) is 0 Å². The van der Waals surface area contributed by atoms with E-state index in [2.05, 4.69) is 11.6 Å². The molecule has 0 aliphatic heterocycles. The van der Waals surface area contributed by atoms with Gasteiger partial charge in [-0.2, -0.15) is 0 Å². The van der Waals surface area contributed by atoms with Crippen LogP contribution in [0.25, 0.3) is 12.2 Å². The number of nitrogens with one attached hydrogen (secondary N) is 1. The molecule has 0 spiro atoms. The highest BCUT2D eigenvalue weighted by Crippen LogP contribution is 2.13. The molecule has 20 heavy (non-hydrogen) atoms. The monoisotopic (exact) mass is 267 g/mol. The Labute approximate surface area is 116 Å². The number of hydrogen-bond donors (Lipinski definition) is 2. The van der Waals surface area contributed by atoms with Crippen molar-refractivity contribution in [2.75, 3.05) is 5.73 Å². The molecule has 1 aromatic heterocycles. The van der Waals surface area contributed by atoms with E-state index >= 15 is 0 Å². The smallest absolute Gasteiger partial charge is 0.123 e. The zero-order valence-corrected chi connectivity index (χ0v) is 10.8. The molecular formula is C16H14FN3. The number of benzene rings is 1. The quantitative estimate of drug-likeness (QED) is 0.832. The fraction of sp³-hybridized carbons (Fsp3) is 0. The minimum absolute atomic E-state index is 0.162. The van der Waals surface area contributed by atoms with Crippen molar-refractivity contribution in [1.29, 1.82) is 5.41 Å². The number of pyridine rings is 1. The summed E-state index contributed by atoms with van der Waals surface area (Å²) in [6.07, 6.45) is 4.78. The van der Waals surface area contributed by atoms with Crippen molar-refractivity contribution in [3.05, 3.63) is 71.8 Å². The van der Waals surface area contributed by atoms with E-state index in [1.54, 1.807) is 42.5 Å². The van der Waals surface area contributed by atoms with Crippen LogP contribution in [-0.4, -0.2) is 10.7 Å². The highest BCUT2D eigenvalue weighted by molar-refractivity contribution is 6.10. The minimum Gasteiger partial charge on any atom is -0.397 e. The van der Waals surface area contributed by atoms with E-state index in [4.69, 9.17) is 11.1 Å². The number of rotatable bonds is 4. The van der Waals surface area contributed by atoms with E-state index in [9.17, 15) is 4.39 Å². The molecule has 0 saturated carbocycles. The molecule has 0 bridgehead atoms. The molecule has 2 rings (SSSR count). The van der Waals surface area contributed by atoms with Crippen molar-refractivity contribution in [3.8, 4) is 0 Å². The lowest BCUT2D eigenvalue weighted by atomic mass is 10.1. The zero-order chi connectivity index (χ0) is 14.5. The second kappa shape index (κ2) is 5.93. The summed E-state index contributed by atoms with van der Waals surface area (Å²) in [5.41, 5.74) is 8.10. The van der Waals surface area contributed by atoms with Gasteiger partial charge in [0, 0.05) is 0 Å². The molecule has 0 fully saturated rings. The maximum atomic E-state index is 13.0. The first-order valence-electron chi connectivity index (χ1n) is 6.01. The van der Waals surface area contributed by atoms with E-state index in [-0.39, 0.29) is 11.5 Å². The van der Waals surface area contributed by atoms with Crippen LogP contribution >= 0.6 is 0 Å². The Bertz CT molecular complexity index is 690. The summed E-state index contributed by atoms with van der Waals surface area (Å²) < 4.78 is 13.0. The Morgan fingerprint density at radius 1 is 1.30 bits per heavy atom. The van der Waals surface area contributed by atoms with Gasteiger partial charge in [0.2, 0.25) is 0 Å². The maximum absolute atomic E-state index is 13.0. The number of halogens is 1. The van der Waals surface area contributed by atoms with Crippen LogP contribution in [0.5, 0.6) is 0 Å². The van der Waals surface area contributed by atoms with Gasteiger partial charge in [0.15, 0.2) is 0 Å². The van der Waals surface area contributed by atoms with Crippen molar-refractivity contribution in [2.24, 2.45) is 0 Å². The molecule has 4 heteroatoms. The van der Waals surface area contributed by atoms with Gasteiger partial charge < -0.3 is 5.73 Å². The highest BCUT2D eigenvalue weighted by atomic mass is 19.1. The molecule has 0 amide bonds. The van der Waals surface area contributed by atoms with Crippen molar-refractivity contribution in [2.45, 2.75) is 0 Å². The van der Waals surface area contributed by atoms with Crippen molar-refractivity contribution in [1.82, 2.24) is 4.98 Å². The van der Waals surface area contributed by atoms with Crippen LogP contribution < -0.4 is 5.73 Å². The molecule has 2 aromatic rings. The van der Waals surface area contributed by atoms with Crippen LogP contribution in [0.4, 0.5) is 10.1 Å². The zero-order valence-electron chi connectivity index (χ0n) is 10.8. The average molecular weight is 267 g/mol. The minimum atomic E-state index is -0.315. The highest BCUT2D eigenvalue weighted by Gasteiger charge is 2.05. The van der Waals surface area contributed by atoms with Crippen LogP contribution in [-0.2, 0) is 0 Å². The van der Waals surface area contributed by atoms with Crippen LogP contribution in [0, 0.1) is 11.2 Å². The van der Waals surface area contributed by atoms with Gasteiger partial charge in [-0.05, 0) is 42.0 Å². The lowest BCUT2D eigenvalue weighted by Crippen LogP contribution is -2.05. The van der Waals surface area contributed by atoms with Crippen molar-refractivity contribution < 1.29 is 4.39 Å². The molecular weight excluding hydrogens is 253 g/mol. The summed E-state index contributed by atoms with van der Waals surface area (Å²) in [7, 11) is 0. The molecule has 100 valence electrons. The Morgan fingerprint density at radius 2 is 2.10 bits per heavy atom. The Kier molecular flexibility index (Phi) is 4.05. The molecule has 0 atom stereocenters. The van der Waals surface area contributed by atoms with Gasteiger partial charge in [-0.3, -0.25) is 5.41 Å². The molecule has 3 nitrogen and oxygen atoms in total. The molecule has 0 saturated heterocycles. The predicted octanol–water partition coefficient (Wildman–Crippen LogP) is 3.53. The molecule has 0 aliphatic carbocycles. The van der Waals surface area contributed by atoms with E-state index in [1.165, 1.54) is 12.1 Å².